The second kappa shape index (κ2) is 3.42. The predicted molar refractivity (Wildman–Crippen MR) is 46.8 cm³/mol. The van der Waals surface area contributed by atoms with E-state index in [9.17, 15) is 13.9 Å². The molecule has 1 N–H and O–H groups in total. The molecule has 1 nitrogen and oxygen atoms in total. The van der Waals surface area contributed by atoms with Crippen molar-refractivity contribution in [3.8, 4) is 0 Å². The maximum absolute atomic E-state index is 12.3. The Bertz CT molecular complexity index is 277. The van der Waals surface area contributed by atoms with E-state index in [1.165, 1.54) is 12.1 Å². The normalized spacial score (nSPS) is 15.8. The van der Waals surface area contributed by atoms with E-state index in [0.717, 1.165) is 12.5 Å². The summed E-state index contributed by atoms with van der Waals surface area (Å²) in [5.41, 5.74) is -0.824. The van der Waals surface area contributed by atoms with Crippen LogP contribution in [0.5, 0.6) is 0 Å². The first-order chi connectivity index (χ1) is 5.94. The van der Waals surface area contributed by atoms with Crippen LogP contribution in [0.1, 0.15) is 18.1 Å². The highest BCUT2D eigenvalue weighted by molar-refractivity contribution is 5.26. The Kier molecular flexibility index (Phi) is 2.66. The fraction of sp³-hybridized carbons (Fsp3) is 0.400. The SMILES string of the molecule is Cc1ccc(C(C)(O)C(F)F)cc1. The van der Waals surface area contributed by atoms with Crippen LogP contribution in [0.3, 0.4) is 0 Å². The number of rotatable bonds is 2. The summed E-state index contributed by atoms with van der Waals surface area (Å²) in [5.74, 6) is 0. The summed E-state index contributed by atoms with van der Waals surface area (Å²) in [7, 11) is 0. The van der Waals surface area contributed by atoms with Gasteiger partial charge in [-0.2, -0.15) is 0 Å². The molecule has 3 heteroatoms. The van der Waals surface area contributed by atoms with Gasteiger partial charge in [0.2, 0.25) is 0 Å². The molecule has 0 heterocycles. The maximum Gasteiger partial charge on any atom is 0.270 e. The molecule has 1 atom stereocenters. The molecule has 1 unspecified atom stereocenters. The largest absolute Gasteiger partial charge is 0.379 e. The van der Waals surface area contributed by atoms with Gasteiger partial charge in [-0.25, -0.2) is 8.78 Å². The first-order valence-corrected chi connectivity index (χ1v) is 4.02. The van der Waals surface area contributed by atoms with Gasteiger partial charge in [0.15, 0.2) is 0 Å². The van der Waals surface area contributed by atoms with Crippen molar-refractivity contribution in [1.29, 1.82) is 0 Å². The lowest BCUT2D eigenvalue weighted by molar-refractivity contribution is -0.0883. The zero-order chi connectivity index (χ0) is 10.1. The van der Waals surface area contributed by atoms with Gasteiger partial charge < -0.3 is 5.11 Å². The Morgan fingerprint density at radius 1 is 1.23 bits per heavy atom. The Hall–Kier alpha value is -0.960. The number of aryl methyl sites for hydroxylation is 1. The van der Waals surface area contributed by atoms with Crippen molar-refractivity contribution in [2.24, 2.45) is 0 Å². The van der Waals surface area contributed by atoms with E-state index < -0.39 is 12.0 Å². The monoisotopic (exact) mass is 186 g/mol. The van der Waals surface area contributed by atoms with Gasteiger partial charge >= 0.3 is 0 Å². The van der Waals surface area contributed by atoms with E-state index in [1.807, 2.05) is 6.92 Å². The number of benzene rings is 1. The molecule has 0 aliphatic rings. The van der Waals surface area contributed by atoms with Gasteiger partial charge in [-0.1, -0.05) is 29.8 Å². The third kappa shape index (κ3) is 2.04. The molecule has 0 aliphatic heterocycles. The van der Waals surface area contributed by atoms with E-state index in [0.29, 0.717) is 0 Å². The van der Waals surface area contributed by atoms with Crippen molar-refractivity contribution in [2.75, 3.05) is 0 Å². The van der Waals surface area contributed by atoms with Gasteiger partial charge in [-0.15, -0.1) is 0 Å². The van der Waals surface area contributed by atoms with Crippen LogP contribution >= 0.6 is 0 Å². The fourth-order valence-corrected chi connectivity index (χ4v) is 1.02. The van der Waals surface area contributed by atoms with Gasteiger partial charge in [0.05, 0.1) is 0 Å². The summed E-state index contributed by atoms with van der Waals surface area (Å²) in [6, 6.07) is 6.43. The van der Waals surface area contributed by atoms with Crippen LogP contribution in [0.25, 0.3) is 0 Å². The molecule has 0 fully saturated rings. The van der Waals surface area contributed by atoms with E-state index in [2.05, 4.69) is 0 Å². The second-order valence-electron chi connectivity index (χ2n) is 3.31. The predicted octanol–water partition coefficient (Wildman–Crippen LogP) is 2.47. The minimum Gasteiger partial charge on any atom is -0.379 e. The van der Waals surface area contributed by atoms with E-state index in [4.69, 9.17) is 0 Å². The van der Waals surface area contributed by atoms with Gasteiger partial charge in [-0.3, -0.25) is 0 Å². The molecule has 72 valence electrons. The summed E-state index contributed by atoms with van der Waals surface area (Å²) in [6.45, 7) is 2.98. The summed E-state index contributed by atoms with van der Waals surface area (Å²) in [4.78, 5) is 0. The van der Waals surface area contributed by atoms with Crippen LogP contribution in [0.2, 0.25) is 0 Å². The zero-order valence-corrected chi connectivity index (χ0v) is 7.59. The van der Waals surface area contributed by atoms with Crippen LogP contribution in [-0.2, 0) is 5.60 Å². The molecule has 1 aromatic carbocycles. The van der Waals surface area contributed by atoms with Crippen LogP contribution < -0.4 is 0 Å². The Balaban J connectivity index is 3.01. The Labute approximate surface area is 76.0 Å². The highest BCUT2D eigenvalue weighted by atomic mass is 19.3. The highest BCUT2D eigenvalue weighted by Crippen LogP contribution is 2.27. The molecule has 0 amide bonds. The minimum atomic E-state index is -2.77. The van der Waals surface area contributed by atoms with Gasteiger partial charge in [0, 0.05) is 0 Å². The van der Waals surface area contributed by atoms with Gasteiger partial charge in [-0.05, 0) is 19.4 Å². The molecule has 0 aromatic heterocycles. The Morgan fingerprint density at radius 2 is 1.69 bits per heavy atom. The molecular weight excluding hydrogens is 174 g/mol. The first-order valence-electron chi connectivity index (χ1n) is 4.02. The van der Waals surface area contributed by atoms with Gasteiger partial charge in [0.1, 0.15) is 5.60 Å². The molecule has 0 spiro atoms. The van der Waals surface area contributed by atoms with Crippen molar-refractivity contribution in [3.05, 3.63) is 35.4 Å². The molecule has 0 aliphatic carbocycles. The molecule has 0 saturated carbocycles. The van der Waals surface area contributed by atoms with Crippen molar-refractivity contribution in [3.63, 3.8) is 0 Å². The average Bonchev–Trinajstić information content (AvgIpc) is 2.04. The molecule has 0 saturated heterocycles. The van der Waals surface area contributed by atoms with Crippen LogP contribution in [-0.4, -0.2) is 11.5 Å². The highest BCUT2D eigenvalue weighted by Gasteiger charge is 2.33. The van der Waals surface area contributed by atoms with Crippen molar-refractivity contribution < 1.29 is 13.9 Å². The van der Waals surface area contributed by atoms with Crippen LogP contribution in [0, 0.1) is 6.92 Å². The zero-order valence-electron chi connectivity index (χ0n) is 7.59. The average molecular weight is 186 g/mol. The maximum atomic E-state index is 12.3. The van der Waals surface area contributed by atoms with Crippen LogP contribution in [0.4, 0.5) is 8.78 Å². The smallest absolute Gasteiger partial charge is 0.270 e. The second-order valence-corrected chi connectivity index (χ2v) is 3.31. The molecular formula is C10H12F2O. The number of aliphatic hydroxyl groups is 1. The molecule has 1 aromatic rings. The summed E-state index contributed by atoms with van der Waals surface area (Å²) >= 11 is 0. The number of halogens is 2. The third-order valence-electron chi connectivity index (χ3n) is 2.06. The fourth-order valence-electron chi connectivity index (χ4n) is 1.02. The lowest BCUT2D eigenvalue weighted by atomic mass is 9.96. The molecule has 0 radical (unpaired) electrons. The minimum absolute atomic E-state index is 0.244. The molecule has 0 bridgehead atoms. The van der Waals surface area contributed by atoms with Gasteiger partial charge in [0.25, 0.3) is 6.43 Å². The first kappa shape index (κ1) is 10.1. The summed E-state index contributed by atoms with van der Waals surface area (Å²) < 4.78 is 24.7. The number of hydrogen-bond donors (Lipinski definition) is 1. The number of alkyl halides is 2. The molecule has 1 rings (SSSR count). The lowest BCUT2D eigenvalue weighted by Crippen LogP contribution is -2.30. The summed E-state index contributed by atoms with van der Waals surface area (Å²) in [5, 5.41) is 9.40. The van der Waals surface area contributed by atoms with Crippen molar-refractivity contribution in [2.45, 2.75) is 25.9 Å². The third-order valence-corrected chi connectivity index (χ3v) is 2.06. The van der Waals surface area contributed by atoms with E-state index in [1.54, 1.807) is 12.1 Å². The van der Waals surface area contributed by atoms with E-state index in [-0.39, 0.29) is 5.56 Å². The van der Waals surface area contributed by atoms with Crippen molar-refractivity contribution >= 4 is 0 Å². The lowest BCUT2D eigenvalue weighted by Gasteiger charge is -2.22. The number of hydrogen-bond acceptors (Lipinski definition) is 1. The quantitative estimate of drug-likeness (QED) is 0.752. The summed E-state index contributed by atoms with van der Waals surface area (Å²) in [6.07, 6.45) is -2.77. The standard InChI is InChI=1S/C10H12F2O/c1-7-3-5-8(6-4-7)10(2,13)9(11)12/h3-6,9,13H,1-2H3. The van der Waals surface area contributed by atoms with E-state index >= 15 is 0 Å². The topological polar surface area (TPSA) is 20.2 Å². The van der Waals surface area contributed by atoms with Crippen LogP contribution in [0.15, 0.2) is 24.3 Å². The van der Waals surface area contributed by atoms with Crippen molar-refractivity contribution in [1.82, 2.24) is 0 Å². The Morgan fingerprint density at radius 3 is 2.08 bits per heavy atom. The molecule has 13 heavy (non-hydrogen) atoms.